The third-order valence-corrected chi connectivity index (χ3v) is 4.55. The normalized spacial score (nSPS) is 17.4. The van der Waals surface area contributed by atoms with E-state index in [-0.39, 0.29) is 24.1 Å². The van der Waals surface area contributed by atoms with E-state index in [4.69, 9.17) is 9.15 Å². The molecule has 1 aromatic heterocycles. The Hall–Kier alpha value is -2.20. The average molecular weight is 348 g/mol. The van der Waals surface area contributed by atoms with Gasteiger partial charge in [0, 0.05) is 6.42 Å². The van der Waals surface area contributed by atoms with E-state index in [9.17, 15) is 14.9 Å². The largest absolute Gasteiger partial charge is 0.466 e. The molecule has 0 radical (unpaired) electrons. The predicted molar refractivity (Wildman–Crippen MR) is 89.9 cm³/mol. The van der Waals surface area contributed by atoms with E-state index in [0.717, 1.165) is 30.4 Å². The van der Waals surface area contributed by atoms with Crippen molar-refractivity contribution in [3.05, 3.63) is 34.3 Å². The van der Waals surface area contributed by atoms with Crippen molar-refractivity contribution in [2.75, 3.05) is 12.4 Å². The SMILES string of the molecule is CCCCOC(=O)CSC1=C(C#N)[C@@H](c2ccc(C)o2)CC(=O)N1. The van der Waals surface area contributed by atoms with Gasteiger partial charge in [-0.15, -0.1) is 0 Å². The van der Waals surface area contributed by atoms with Gasteiger partial charge < -0.3 is 14.5 Å². The van der Waals surface area contributed by atoms with E-state index in [1.165, 1.54) is 0 Å². The summed E-state index contributed by atoms with van der Waals surface area (Å²) >= 11 is 1.11. The number of esters is 1. The number of carbonyl (C=O) groups excluding carboxylic acids is 2. The third-order valence-electron chi connectivity index (χ3n) is 3.56. The molecular weight excluding hydrogens is 328 g/mol. The Kier molecular flexibility index (Phi) is 6.50. The highest BCUT2D eigenvalue weighted by molar-refractivity contribution is 8.03. The number of thioether (sulfide) groups is 1. The molecule has 1 aromatic rings. The molecule has 128 valence electrons. The molecule has 1 aliphatic heterocycles. The van der Waals surface area contributed by atoms with Crippen LogP contribution in [0, 0.1) is 18.3 Å². The van der Waals surface area contributed by atoms with Crippen LogP contribution in [0.5, 0.6) is 0 Å². The Morgan fingerprint density at radius 1 is 1.54 bits per heavy atom. The van der Waals surface area contributed by atoms with E-state index in [1.54, 1.807) is 12.1 Å². The fourth-order valence-corrected chi connectivity index (χ4v) is 3.19. The maximum Gasteiger partial charge on any atom is 0.316 e. The second kappa shape index (κ2) is 8.60. The van der Waals surface area contributed by atoms with Crippen molar-refractivity contribution in [1.82, 2.24) is 5.32 Å². The molecule has 24 heavy (non-hydrogen) atoms. The molecule has 0 aromatic carbocycles. The van der Waals surface area contributed by atoms with E-state index in [2.05, 4.69) is 11.4 Å². The predicted octanol–water partition coefficient (Wildman–Crippen LogP) is 3.00. The molecule has 0 saturated carbocycles. The molecule has 1 N–H and O–H groups in total. The van der Waals surface area contributed by atoms with Crippen molar-refractivity contribution < 1.29 is 18.7 Å². The number of allylic oxidation sites excluding steroid dienone is 1. The van der Waals surface area contributed by atoms with Crippen molar-refractivity contribution in [3.63, 3.8) is 0 Å². The first-order valence-electron chi connectivity index (χ1n) is 7.84. The number of carbonyl (C=O) groups is 2. The van der Waals surface area contributed by atoms with E-state index in [1.807, 2.05) is 13.8 Å². The lowest BCUT2D eigenvalue weighted by Crippen LogP contribution is -2.31. The van der Waals surface area contributed by atoms with Crippen LogP contribution in [-0.4, -0.2) is 24.2 Å². The number of nitriles is 1. The van der Waals surface area contributed by atoms with Crippen LogP contribution in [-0.2, 0) is 14.3 Å². The summed E-state index contributed by atoms with van der Waals surface area (Å²) in [6.45, 7) is 4.21. The fourth-order valence-electron chi connectivity index (χ4n) is 2.32. The molecule has 0 bridgehead atoms. The minimum Gasteiger partial charge on any atom is -0.466 e. The summed E-state index contributed by atoms with van der Waals surface area (Å²) in [5.74, 6) is 0.382. The maximum absolute atomic E-state index is 12.0. The number of aryl methyl sites for hydroxylation is 1. The van der Waals surface area contributed by atoms with E-state index >= 15 is 0 Å². The molecule has 1 amide bonds. The van der Waals surface area contributed by atoms with Crippen LogP contribution < -0.4 is 5.32 Å². The molecule has 0 fully saturated rings. The smallest absolute Gasteiger partial charge is 0.316 e. The Balaban J connectivity index is 2.10. The molecule has 6 nitrogen and oxygen atoms in total. The summed E-state index contributed by atoms with van der Waals surface area (Å²) in [6, 6.07) is 5.72. The summed E-state index contributed by atoms with van der Waals surface area (Å²) in [6.07, 6.45) is 1.92. The number of rotatable bonds is 7. The molecule has 0 unspecified atom stereocenters. The average Bonchev–Trinajstić information content (AvgIpc) is 2.99. The lowest BCUT2D eigenvalue weighted by atomic mass is 9.92. The zero-order valence-corrected chi connectivity index (χ0v) is 14.6. The lowest BCUT2D eigenvalue weighted by Gasteiger charge is -2.23. The summed E-state index contributed by atoms with van der Waals surface area (Å²) in [4.78, 5) is 23.7. The molecule has 0 aliphatic carbocycles. The number of amides is 1. The van der Waals surface area contributed by atoms with Crippen LogP contribution in [0.3, 0.4) is 0 Å². The molecular formula is C17H20N2O4S. The third kappa shape index (κ3) is 4.65. The van der Waals surface area contributed by atoms with Crippen LogP contribution >= 0.6 is 11.8 Å². The van der Waals surface area contributed by atoms with Crippen molar-refractivity contribution in [2.45, 2.75) is 39.0 Å². The van der Waals surface area contributed by atoms with Gasteiger partial charge in [-0.2, -0.15) is 5.26 Å². The first-order valence-corrected chi connectivity index (χ1v) is 8.82. The number of furan rings is 1. The number of hydrogen-bond donors (Lipinski definition) is 1. The van der Waals surface area contributed by atoms with Crippen LogP contribution in [0.25, 0.3) is 0 Å². The molecule has 2 rings (SSSR count). The van der Waals surface area contributed by atoms with Gasteiger partial charge in [-0.25, -0.2) is 0 Å². The number of nitrogens with one attached hydrogen (secondary N) is 1. The number of unbranched alkanes of at least 4 members (excludes halogenated alkanes) is 1. The standard InChI is InChI=1S/C17H20N2O4S/c1-3-4-7-22-16(21)10-24-17-13(9-18)12(8-15(20)19-17)14-6-5-11(2)23-14/h5-6,12H,3-4,7-8,10H2,1-2H3,(H,19,20)/t12-/m0/s1. The van der Waals surface area contributed by atoms with Gasteiger partial charge in [-0.05, 0) is 25.5 Å². The number of hydrogen-bond acceptors (Lipinski definition) is 6. The first-order chi connectivity index (χ1) is 11.5. The van der Waals surface area contributed by atoms with Crippen molar-refractivity contribution in [2.24, 2.45) is 0 Å². The molecule has 0 saturated heterocycles. The highest BCUT2D eigenvalue weighted by atomic mass is 32.2. The van der Waals surface area contributed by atoms with Gasteiger partial charge in [0.2, 0.25) is 5.91 Å². The Bertz CT molecular complexity index is 687. The summed E-state index contributed by atoms with van der Waals surface area (Å²) < 4.78 is 10.7. The quantitative estimate of drug-likeness (QED) is 0.601. The van der Waals surface area contributed by atoms with Gasteiger partial charge in [-0.3, -0.25) is 9.59 Å². The van der Waals surface area contributed by atoms with Crippen LogP contribution in [0.15, 0.2) is 27.2 Å². The van der Waals surface area contributed by atoms with E-state index in [0.29, 0.717) is 23.0 Å². The minimum absolute atomic E-state index is 0.0500. The second-order valence-corrected chi connectivity index (χ2v) is 6.46. The monoisotopic (exact) mass is 348 g/mol. The van der Waals surface area contributed by atoms with Gasteiger partial charge in [0.05, 0.1) is 34.9 Å². The van der Waals surface area contributed by atoms with Crippen molar-refractivity contribution in [3.8, 4) is 6.07 Å². The second-order valence-electron chi connectivity index (χ2n) is 5.47. The Morgan fingerprint density at radius 3 is 2.96 bits per heavy atom. The molecule has 7 heteroatoms. The van der Waals surface area contributed by atoms with E-state index < -0.39 is 5.92 Å². The highest BCUT2D eigenvalue weighted by Gasteiger charge is 2.31. The minimum atomic E-state index is -0.420. The maximum atomic E-state index is 12.0. The Morgan fingerprint density at radius 2 is 2.33 bits per heavy atom. The highest BCUT2D eigenvalue weighted by Crippen LogP contribution is 2.36. The Labute approximate surface area is 145 Å². The number of nitrogens with zero attached hydrogens (tertiary/aromatic N) is 1. The van der Waals surface area contributed by atoms with Crippen LogP contribution in [0.2, 0.25) is 0 Å². The molecule has 0 spiro atoms. The van der Waals surface area contributed by atoms with Gasteiger partial charge >= 0.3 is 5.97 Å². The molecule has 2 heterocycles. The van der Waals surface area contributed by atoms with Gasteiger partial charge in [0.1, 0.15) is 11.5 Å². The van der Waals surface area contributed by atoms with Crippen molar-refractivity contribution >= 4 is 23.6 Å². The molecule has 1 aliphatic rings. The lowest BCUT2D eigenvalue weighted by molar-refractivity contribution is -0.140. The van der Waals surface area contributed by atoms with Gasteiger partial charge in [0.25, 0.3) is 0 Å². The van der Waals surface area contributed by atoms with Crippen LogP contribution in [0.1, 0.15) is 43.6 Å². The molecule has 1 atom stereocenters. The van der Waals surface area contributed by atoms with Gasteiger partial charge in [0.15, 0.2) is 0 Å². The topological polar surface area (TPSA) is 92.3 Å². The summed E-state index contributed by atoms with van der Waals surface area (Å²) in [7, 11) is 0. The summed E-state index contributed by atoms with van der Waals surface area (Å²) in [5.41, 5.74) is 0.412. The summed E-state index contributed by atoms with van der Waals surface area (Å²) in [5, 5.41) is 12.6. The first kappa shape index (κ1) is 18.1. The van der Waals surface area contributed by atoms with Gasteiger partial charge in [-0.1, -0.05) is 25.1 Å². The van der Waals surface area contributed by atoms with Crippen molar-refractivity contribution in [1.29, 1.82) is 5.26 Å². The fraction of sp³-hybridized carbons (Fsp3) is 0.471. The zero-order valence-electron chi connectivity index (χ0n) is 13.8. The van der Waals surface area contributed by atoms with Crippen LogP contribution in [0.4, 0.5) is 0 Å². The zero-order chi connectivity index (χ0) is 17.5. The number of ether oxygens (including phenoxy) is 1.